The molecule has 2 N–H and O–H groups in total. The molecule has 0 unspecified atom stereocenters. The molecule has 0 fully saturated rings. The summed E-state index contributed by atoms with van der Waals surface area (Å²) in [6.07, 6.45) is 0.407. The fourth-order valence-electron chi connectivity index (χ4n) is 2.01. The topological polar surface area (TPSA) is 46.3 Å². The van der Waals surface area contributed by atoms with Crippen LogP contribution in [0.3, 0.4) is 0 Å². The third-order valence-corrected chi connectivity index (χ3v) is 3.02. The molecule has 0 aliphatic rings. The molecule has 0 saturated carbocycles. The van der Waals surface area contributed by atoms with E-state index in [0.717, 1.165) is 5.56 Å². The van der Waals surface area contributed by atoms with Gasteiger partial charge in [0.25, 0.3) is 0 Å². The lowest BCUT2D eigenvalue weighted by atomic mass is 10.1. The van der Waals surface area contributed by atoms with Crippen molar-refractivity contribution in [3.63, 3.8) is 0 Å². The number of carbonyl (C=O) groups excluding carboxylic acids is 1. The molecule has 0 aliphatic heterocycles. The van der Waals surface area contributed by atoms with Crippen LogP contribution in [0.15, 0.2) is 42.5 Å². The van der Waals surface area contributed by atoms with E-state index in [1.807, 2.05) is 19.2 Å². The molecule has 0 radical (unpaired) electrons. The van der Waals surface area contributed by atoms with Gasteiger partial charge in [0.15, 0.2) is 0 Å². The SMILES string of the molecule is CN(Cc1ccc2ccccc2c1)C(=O)CCN. The van der Waals surface area contributed by atoms with Crippen molar-refractivity contribution < 1.29 is 4.79 Å². The second-order valence-corrected chi connectivity index (χ2v) is 4.47. The van der Waals surface area contributed by atoms with E-state index in [1.165, 1.54) is 10.8 Å². The molecule has 18 heavy (non-hydrogen) atoms. The number of carbonyl (C=O) groups is 1. The summed E-state index contributed by atoms with van der Waals surface area (Å²) in [7, 11) is 1.81. The number of fused-ring (bicyclic) bond motifs is 1. The summed E-state index contributed by atoms with van der Waals surface area (Å²) in [4.78, 5) is 13.4. The highest BCUT2D eigenvalue weighted by Crippen LogP contribution is 2.16. The van der Waals surface area contributed by atoms with E-state index in [9.17, 15) is 4.79 Å². The third-order valence-electron chi connectivity index (χ3n) is 3.02. The molecule has 3 nitrogen and oxygen atoms in total. The van der Waals surface area contributed by atoms with Gasteiger partial charge in [-0.2, -0.15) is 0 Å². The molecule has 0 heterocycles. The first-order chi connectivity index (χ1) is 8.70. The van der Waals surface area contributed by atoms with Gasteiger partial charge in [-0.15, -0.1) is 0 Å². The van der Waals surface area contributed by atoms with Gasteiger partial charge in [0, 0.05) is 26.6 Å². The maximum absolute atomic E-state index is 11.7. The molecule has 94 valence electrons. The molecule has 3 heteroatoms. The molecule has 0 aliphatic carbocycles. The number of hydrogen-bond donors (Lipinski definition) is 1. The average molecular weight is 242 g/mol. The normalized spacial score (nSPS) is 10.6. The van der Waals surface area contributed by atoms with Crippen molar-refractivity contribution in [1.82, 2.24) is 4.90 Å². The van der Waals surface area contributed by atoms with Crippen LogP contribution in [-0.2, 0) is 11.3 Å². The van der Waals surface area contributed by atoms with E-state index < -0.39 is 0 Å². The zero-order chi connectivity index (χ0) is 13.0. The number of nitrogens with zero attached hydrogens (tertiary/aromatic N) is 1. The van der Waals surface area contributed by atoms with Crippen molar-refractivity contribution in [3.05, 3.63) is 48.0 Å². The van der Waals surface area contributed by atoms with Crippen molar-refractivity contribution >= 4 is 16.7 Å². The summed E-state index contributed by atoms with van der Waals surface area (Å²) in [5.74, 6) is 0.0886. The largest absolute Gasteiger partial charge is 0.341 e. The Morgan fingerprint density at radius 2 is 1.89 bits per heavy atom. The molecular formula is C15H18N2O. The average Bonchev–Trinajstić information content (AvgIpc) is 2.39. The van der Waals surface area contributed by atoms with Crippen LogP contribution >= 0.6 is 0 Å². The maximum Gasteiger partial charge on any atom is 0.223 e. The second kappa shape index (κ2) is 5.65. The molecule has 0 saturated heterocycles. The Bertz CT molecular complexity index is 551. The molecule has 1 amide bonds. The van der Waals surface area contributed by atoms with Crippen molar-refractivity contribution in [2.45, 2.75) is 13.0 Å². The first-order valence-electron chi connectivity index (χ1n) is 6.12. The molecule has 0 spiro atoms. The van der Waals surface area contributed by atoms with Crippen LogP contribution in [0.4, 0.5) is 0 Å². The highest BCUT2D eigenvalue weighted by molar-refractivity contribution is 5.83. The zero-order valence-electron chi connectivity index (χ0n) is 10.6. The molecule has 2 aromatic carbocycles. The van der Waals surface area contributed by atoms with Crippen LogP contribution in [0.1, 0.15) is 12.0 Å². The van der Waals surface area contributed by atoms with Gasteiger partial charge in [0.1, 0.15) is 0 Å². The van der Waals surface area contributed by atoms with Gasteiger partial charge < -0.3 is 10.6 Å². The number of hydrogen-bond acceptors (Lipinski definition) is 2. The Hall–Kier alpha value is -1.87. The van der Waals surface area contributed by atoms with Crippen LogP contribution in [0.2, 0.25) is 0 Å². The highest BCUT2D eigenvalue weighted by Gasteiger charge is 2.08. The number of amides is 1. The predicted molar refractivity (Wildman–Crippen MR) is 74.1 cm³/mol. The summed E-state index contributed by atoms with van der Waals surface area (Å²) in [5.41, 5.74) is 6.53. The smallest absolute Gasteiger partial charge is 0.223 e. The standard InChI is InChI=1S/C15H18N2O/c1-17(15(18)8-9-16)11-12-6-7-13-4-2-3-5-14(13)10-12/h2-7,10H,8-9,11,16H2,1H3. The number of nitrogens with two attached hydrogens (primary N) is 1. The molecule has 2 aromatic rings. The van der Waals surface area contributed by atoms with Crippen LogP contribution in [-0.4, -0.2) is 24.4 Å². The van der Waals surface area contributed by atoms with Crippen LogP contribution < -0.4 is 5.73 Å². The van der Waals surface area contributed by atoms with Gasteiger partial charge in [-0.05, 0) is 22.4 Å². The summed E-state index contributed by atoms with van der Waals surface area (Å²) < 4.78 is 0. The van der Waals surface area contributed by atoms with Gasteiger partial charge in [-0.1, -0.05) is 36.4 Å². The van der Waals surface area contributed by atoms with Crippen molar-refractivity contribution in [2.24, 2.45) is 5.73 Å². The minimum Gasteiger partial charge on any atom is -0.341 e. The minimum absolute atomic E-state index is 0.0886. The van der Waals surface area contributed by atoms with Gasteiger partial charge >= 0.3 is 0 Å². The zero-order valence-corrected chi connectivity index (χ0v) is 10.6. The third kappa shape index (κ3) is 2.87. The van der Waals surface area contributed by atoms with Gasteiger partial charge in [0.2, 0.25) is 5.91 Å². The number of benzene rings is 2. The summed E-state index contributed by atoms with van der Waals surface area (Å²) >= 11 is 0. The van der Waals surface area contributed by atoms with Crippen molar-refractivity contribution in [3.8, 4) is 0 Å². The maximum atomic E-state index is 11.7. The van der Waals surface area contributed by atoms with Gasteiger partial charge in [-0.25, -0.2) is 0 Å². The minimum atomic E-state index is 0.0886. The molecular weight excluding hydrogens is 224 g/mol. The van der Waals surface area contributed by atoms with Crippen LogP contribution in [0, 0.1) is 0 Å². The predicted octanol–water partition coefficient (Wildman–Crippen LogP) is 2.15. The lowest BCUT2D eigenvalue weighted by Gasteiger charge is -2.17. The highest BCUT2D eigenvalue weighted by atomic mass is 16.2. The quantitative estimate of drug-likeness (QED) is 0.893. The monoisotopic (exact) mass is 242 g/mol. The Morgan fingerprint density at radius 3 is 2.61 bits per heavy atom. The molecule has 0 atom stereocenters. The molecule has 0 bridgehead atoms. The lowest BCUT2D eigenvalue weighted by molar-refractivity contribution is -0.130. The summed E-state index contributed by atoms with van der Waals surface area (Å²) in [6.45, 7) is 1.03. The summed E-state index contributed by atoms with van der Waals surface area (Å²) in [5, 5.41) is 2.42. The van der Waals surface area contributed by atoms with E-state index >= 15 is 0 Å². The van der Waals surface area contributed by atoms with E-state index in [1.54, 1.807) is 4.90 Å². The van der Waals surface area contributed by atoms with Gasteiger partial charge in [0.05, 0.1) is 0 Å². The molecule has 2 rings (SSSR count). The Kier molecular flexibility index (Phi) is 3.95. The van der Waals surface area contributed by atoms with E-state index in [0.29, 0.717) is 19.5 Å². The van der Waals surface area contributed by atoms with E-state index in [2.05, 4.69) is 30.3 Å². The van der Waals surface area contributed by atoms with Gasteiger partial charge in [-0.3, -0.25) is 4.79 Å². The summed E-state index contributed by atoms with van der Waals surface area (Å²) in [6, 6.07) is 14.5. The Balaban J connectivity index is 2.14. The first kappa shape index (κ1) is 12.6. The second-order valence-electron chi connectivity index (χ2n) is 4.47. The molecule has 0 aromatic heterocycles. The Morgan fingerprint density at radius 1 is 1.17 bits per heavy atom. The number of rotatable bonds is 4. The fraction of sp³-hybridized carbons (Fsp3) is 0.267. The van der Waals surface area contributed by atoms with E-state index in [-0.39, 0.29) is 5.91 Å². The first-order valence-corrected chi connectivity index (χ1v) is 6.12. The lowest BCUT2D eigenvalue weighted by Crippen LogP contribution is -2.27. The van der Waals surface area contributed by atoms with Crippen LogP contribution in [0.25, 0.3) is 10.8 Å². The van der Waals surface area contributed by atoms with E-state index in [4.69, 9.17) is 5.73 Å². The fourth-order valence-corrected chi connectivity index (χ4v) is 2.01. The van der Waals surface area contributed by atoms with Crippen molar-refractivity contribution in [1.29, 1.82) is 0 Å². The Labute approximate surface area is 107 Å². The van der Waals surface area contributed by atoms with Crippen LogP contribution in [0.5, 0.6) is 0 Å². The van der Waals surface area contributed by atoms with Crippen molar-refractivity contribution in [2.75, 3.05) is 13.6 Å².